The van der Waals surface area contributed by atoms with Crippen molar-refractivity contribution < 1.29 is 9.21 Å². The molecule has 0 aliphatic rings. The van der Waals surface area contributed by atoms with Crippen LogP contribution in [-0.2, 0) is 6.42 Å². The third-order valence-electron chi connectivity index (χ3n) is 1.82. The highest BCUT2D eigenvalue weighted by Gasteiger charge is 2.12. The Morgan fingerprint density at radius 1 is 1.50 bits per heavy atom. The van der Waals surface area contributed by atoms with Gasteiger partial charge in [-0.05, 0) is 39.0 Å². The van der Waals surface area contributed by atoms with Crippen LogP contribution in [0.1, 0.15) is 15.2 Å². The van der Waals surface area contributed by atoms with Crippen molar-refractivity contribution in [2.45, 2.75) is 6.42 Å². The molecule has 2 rings (SSSR count). The second kappa shape index (κ2) is 4.11. The van der Waals surface area contributed by atoms with E-state index in [-0.39, 0.29) is 5.78 Å². The Labute approximate surface area is 93.7 Å². The number of ketones is 1. The van der Waals surface area contributed by atoms with Crippen LogP contribution in [0.5, 0.6) is 0 Å². The number of hydrogen-bond donors (Lipinski definition) is 0. The highest BCUT2D eigenvalue weighted by atomic mass is 79.9. The molecule has 0 amide bonds. The monoisotopic (exact) mass is 270 g/mol. The molecule has 0 saturated carbocycles. The molecule has 2 heterocycles. The first-order valence-electron chi connectivity index (χ1n) is 4.04. The van der Waals surface area contributed by atoms with E-state index in [0.717, 1.165) is 14.9 Å². The molecule has 2 aromatic heterocycles. The van der Waals surface area contributed by atoms with Gasteiger partial charge in [0.2, 0.25) is 0 Å². The van der Waals surface area contributed by atoms with E-state index in [1.165, 1.54) is 11.3 Å². The van der Waals surface area contributed by atoms with Gasteiger partial charge >= 0.3 is 0 Å². The molecule has 0 aliphatic heterocycles. The van der Waals surface area contributed by atoms with Crippen molar-refractivity contribution in [2.75, 3.05) is 0 Å². The van der Waals surface area contributed by atoms with Crippen LogP contribution >= 0.6 is 27.3 Å². The van der Waals surface area contributed by atoms with Crippen LogP contribution in [0.3, 0.4) is 0 Å². The van der Waals surface area contributed by atoms with Gasteiger partial charge in [-0.25, -0.2) is 0 Å². The highest BCUT2D eigenvalue weighted by Crippen LogP contribution is 2.24. The number of rotatable bonds is 3. The number of hydrogen-bond acceptors (Lipinski definition) is 3. The molecule has 0 aliphatic carbocycles. The lowest BCUT2D eigenvalue weighted by Gasteiger charge is -1.95. The highest BCUT2D eigenvalue weighted by molar-refractivity contribution is 9.10. The first kappa shape index (κ1) is 9.68. The minimum absolute atomic E-state index is 0.119. The lowest BCUT2D eigenvalue weighted by molar-refractivity contribution is 0.0996. The summed E-state index contributed by atoms with van der Waals surface area (Å²) in [7, 11) is 0. The zero-order valence-corrected chi connectivity index (χ0v) is 9.60. The molecule has 2 aromatic rings. The standard InChI is InChI=1S/C10H7BrO2S/c11-8-2-4-14-10(8)9(12)5-7-1-3-13-6-7/h1-4,6H,5H2. The molecule has 0 atom stereocenters. The molecule has 14 heavy (non-hydrogen) atoms. The quantitative estimate of drug-likeness (QED) is 0.799. The number of carbonyl (C=O) groups is 1. The molecule has 0 aromatic carbocycles. The third kappa shape index (κ3) is 1.96. The number of Topliss-reactive ketones (excluding diaryl/α,β-unsaturated/α-hetero) is 1. The van der Waals surface area contributed by atoms with Crippen LogP contribution in [-0.4, -0.2) is 5.78 Å². The molecular formula is C10H7BrO2S. The summed E-state index contributed by atoms with van der Waals surface area (Å²) in [6, 6.07) is 3.69. The Balaban J connectivity index is 2.14. The molecule has 72 valence electrons. The molecule has 0 radical (unpaired) electrons. The van der Waals surface area contributed by atoms with Gasteiger partial charge < -0.3 is 4.42 Å². The molecule has 4 heteroatoms. The molecule has 0 bridgehead atoms. The van der Waals surface area contributed by atoms with Crippen molar-refractivity contribution in [1.29, 1.82) is 0 Å². The van der Waals surface area contributed by atoms with E-state index in [1.807, 2.05) is 11.4 Å². The van der Waals surface area contributed by atoms with E-state index in [0.29, 0.717) is 6.42 Å². The van der Waals surface area contributed by atoms with E-state index in [9.17, 15) is 4.79 Å². The molecule has 2 nitrogen and oxygen atoms in total. The van der Waals surface area contributed by atoms with Crippen molar-refractivity contribution in [3.05, 3.63) is 45.0 Å². The van der Waals surface area contributed by atoms with Gasteiger partial charge in [-0.1, -0.05) is 0 Å². The van der Waals surface area contributed by atoms with Crippen molar-refractivity contribution in [3.8, 4) is 0 Å². The molecule has 0 unspecified atom stereocenters. The zero-order chi connectivity index (χ0) is 9.97. The Hall–Kier alpha value is -0.870. The predicted molar refractivity (Wildman–Crippen MR) is 58.8 cm³/mol. The van der Waals surface area contributed by atoms with Crippen LogP contribution in [0, 0.1) is 0 Å². The smallest absolute Gasteiger partial charge is 0.178 e. The van der Waals surface area contributed by atoms with Gasteiger partial charge in [0.05, 0.1) is 17.4 Å². The maximum atomic E-state index is 11.7. The summed E-state index contributed by atoms with van der Waals surface area (Å²) < 4.78 is 5.77. The van der Waals surface area contributed by atoms with Gasteiger partial charge in [0.1, 0.15) is 0 Å². The molecule has 0 fully saturated rings. The number of carbonyl (C=O) groups excluding carboxylic acids is 1. The number of halogens is 1. The normalized spacial score (nSPS) is 10.4. The first-order chi connectivity index (χ1) is 6.77. The fraction of sp³-hybridized carbons (Fsp3) is 0.100. The second-order valence-electron chi connectivity index (χ2n) is 2.83. The minimum Gasteiger partial charge on any atom is -0.472 e. The van der Waals surface area contributed by atoms with Crippen molar-refractivity contribution in [3.63, 3.8) is 0 Å². The van der Waals surface area contributed by atoms with Gasteiger partial charge in [0.15, 0.2) is 5.78 Å². The average Bonchev–Trinajstić information content (AvgIpc) is 2.75. The van der Waals surface area contributed by atoms with E-state index in [2.05, 4.69) is 15.9 Å². The van der Waals surface area contributed by atoms with Gasteiger partial charge in [-0.3, -0.25) is 4.79 Å². The average molecular weight is 271 g/mol. The van der Waals surface area contributed by atoms with Gasteiger partial charge in [0.25, 0.3) is 0 Å². The molecule has 0 saturated heterocycles. The third-order valence-corrected chi connectivity index (χ3v) is 3.69. The van der Waals surface area contributed by atoms with Crippen LogP contribution in [0.2, 0.25) is 0 Å². The maximum absolute atomic E-state index is 11.7. The lowest BCUT2D eigenvalue weighted by atomic mass is 10.1. The topological polar surface area (TPSA) is 30.2 Å². The molecule has 0 spiro atoms. The van der Waals surface area contributed by atoms with Crippen LogP contribution in [0.15, 0.2) is 38.9 Å². The Bertz CT molecular complexity index is 431. The second-order valence-corrected chi connectivity index (χ2v) is 4.60. The van der Waals surface area contributed by atoms with E-state index >= 15 is 0 Å². The summed E-state index contributed by atoms with van der Waals surface area (Å²) in [6.45, 7) is 0. The van der Waals surface area contributed by atoms with Gasteiger partial charge in [-0.2, -0.15) is 0 Å². The Morgan fingerprint density at radius 2 is 2.36 bits per heavy atom. The van der Waals surface area contributed by atoms with Crippen LogP contribution in [0.25, 0.3) is 0 Å². The van der Waals surface area contributed by atoms with Crippen LogP contribution in [0.4, 0.5) is 0 Å². The Morgan fingerprint density at radius 3 is 2.93 bits per heavy atom. The summed E-state index contributed by atoms with van der Waals surface area (Å²) in [4.78, 5) is 12.5. The maximum Gasteiger partial charge on any atom is 0.178 e. The fourth-order valence-corrected chi connectivity index (χ4v) is 2.68. The predicted octanol–water partition coefficient (Wildman–Crippen LogP) is 3.53. The SMILES string of the molecule is O=C(Cc1ccoc1)c1sccc1Br. The largest absolute Gasteiger partial charge is 0.472 e. The summed E-state index contributed by atoms with van der Waals surface area (Å²) in [5, 5.41) is 1.90. The summed E-state index contributed by atoms with van der Waals surface area (Å²) in [6.07, 6.45) is 3.57. The molecular weight excluding hydrogens is 264 g/mol. The van der Waals surface area contributed by atoms with Crippen molar-refractivity contribution in [1.82, 2.24) is 0 Å². The van der Waals surface area contributed by atoms with E-state index < -0.39 is 0 Å². The summed E-state index contributed by atoms with van der Waals surface area (Å²) >= 11 is 4.79. The van der Waals surface area contributed by atoms with Crippen molar-refractivity contribution >= 4 is 33.0 Å². The molecule has 0 N–H and O–H groups in total. The van der Waals surface area contributed by atoms with E-state index in [4.69, 9.17) is 4.42 Å². The summed E-state index contributed by atoms with van der Waals surface area (Å²) in [5.41, 5.74) is 0.912. The summed E-state index contributed by atoms with van der Waals surface area (Å²) in [5.74, 6) is 0.119. The fourth-order valence-electron chi connectivity index (χ4n) is 1.15. The minimum atomic E-state index is 0.119. The van der Waals surface area contributed by atoms with Crippen molar-refractivity contribution in [2.24, 2.45) is 0 Å². The van der Waals surface area contributed by atoms with E-state index in [1.54, 1.807) is 18.6 Å². The van der Waals surface area contributed by atoms with Gasteiger partial charge in [0, 0.05) is 10.9 Å². The van der Waals surface area contributed by atoms with Gasteiger partial charge in [-0.15, -0.1) is 11.3 Å². The number of thiophene rings is 1. The first-order valence-corrected chi connectivity index (χ1v) is 5.72. The lowest BCUT2D eigenvalue weighted by Crippen LogP contribution is -2.00. The zero-order valence-electron chi connectivity index (χ0n) is 7.20. The number of furan rings is 1. The van der Waals surface area contributed by atoms with Crippen LogP contribution < -0.4 is 0 Å². The Kier molecular flexibility index (Phi) is 2.84.